The molecule has 2 aromatic carbocycles. The maximum absolute atomic E-state index is 11.0. The highest BCUT2D eigenvalue weighted by atomic mass is 16.5. The Morgan fingerprint density at radius 3 is 2.85 bits per heavy atom. The van der Waals surface area contributed by atoms with Crippen LogP contribution in [0.5, 0.6) is 0 Å². The lowest BCUT2D eigenvalue weighted by molar-refractivity contribution is 0.112. The second-order valence-electron chi connectivity index (χ2n) is 6.55. The average molecular weight is 359 g/mol. The molecule has 2 heterocycles. The molecule has 0 unspecified atom stereocenters. The standard InChI is InChI=1S/C20H17N5O2/c1-24(2)17-6-4-15(10-16(17)11-21)19-22-20(23-27-19)25-8-7-14-9-13(12-26)3-5-18(14)25/h3-6,9-10,12H,7-8H2,1-2H3. The first kappa shape index (κ1) is 16.8. The Labute approximate surface area is 156 Å². The monoisotopic (exact) mass is 359 g/mol. The van der Waals surface area contributed by atoms with E-state index in [2.05, 4.69) is 16.2 Å². The minimum Gasteiger partial charge on any atom is -0.377 e. The number of benzene rings is 2. The average Bonchev–Trinajstić information content (AvgIpc) is 3.33. The van der Waals surface area contributed by atoms with Gasteiger partial charge in [-0.1, -0.05) is 0 Å². The predicted molar refractivity (Wildman–Crippen MR) is 101 cm³/mol. The van der Waals surface area contributed by atoms with E-state index in [1.54, 1.807) is 12.1 Å². The number of anilines is 3. The zero-order chi connectivity index (χ0) is 19.0. The fourth-order valence-corrected chi connectivity index (χ4v) is 3.29. The summed E-state index contributed by atoms with van der Waals surface area (Å²) in [4.78, 5) is 19.3. The number of hydrogen-bond acceptors (Lipinski definition) is 7. The lowest BCUT2D eigenvalue weighted by atomic mass is 10.1. The van der Waals surface area contributed by atoms with Crippen LogP contribution < -0.4 is 9.80 Å². The fourth-order valence-electron chi connectivity index (χ4n) is 3.29. The number of aldehydes is 1. The van der Waals surface area contributed by atoms with Crippen molar-refractivity contribution in [3.8, 4) is 17.5 Å². The largest absolute Gasteiger partial charge is 0.377 e. The minimum absolute atomic E-state index is 0.366. The van der Waals surface area contributed by atoms with Gasteiger partial charge < -0.3 is 14.3 Å². The van der Waals surface area contributed by atoms with Crippen LogP contribution in [0.25, 0.3) is 11.5 Å². The molecule has 27 heavy (non-hydrogen) atoms. The third-order valence-corrected chi connectivity index (χ3v) is 4.64. The van der Waals surface area contributed by atoms with E-state index < -0.39 is 0 Å². The van der Waals surface area contributed by atoms with E-state index >= 15 is 0 Å². The Balaban J connectivity index is 1.66. The summed E-state index contributed by atoms with van der Waals surface area (Å²) in [6, 6.07) is 13.3. The van der Waals surface area contributed by atoms with E-state index in [9.17, 15) is 10.1 Å². The van der Waals surface area contributed by atoms with E-state index in [1.165, 1.54) is 0 Å². The summed E-state index contributed by atoms with van der Waals surface area (Å²) in [7, 11) is 3.78. The van der Waals surface area contributed by atoms with Crippen LogP contribution in [0.4, 0.5) is 17.3 Å². The van der Waals surface area contributed by atoms with Crippen LogP contribution >= 0.6 is 0 Å². The molecule has 0 radical (unpaired) electrons. The van der Waals surface area contributed by atoms with Gasteiger partial charge in [-0.2, -0.15) is 10.2 Å². The molecule has 0 amide bonds. The highest BCUT2D eigenvalue weighted by Gasteiger charge is 2.25. The quantitative estimate of drug-likeness (QED) is 0.661. The first-order valence-electron chi connectivity index (χ1n) is 8.52. The SMILES string of the molecule is CN(C)c1ccc(-c2nc(N3CCc4cc(C=O)ccc43)no2)cc1C#N. The van der Waals surface area contributed by atoms with Crippen LogP contribution in [0, 0.1) is 11.3 Å². The van der Waals surface area contributed by atoms with E-state index in [-0.39, 0.29) is 0 Å². The van der Waals surface area contributed by atoms with E-state index in [0.717, 1.165) is 36.2 Å². The Morgan fingerprint density at radius 1 is 1.26 bits per heavy atom. The maximum Gasteiger partial charge on any atom is 0.270 e. The van der Waals surface area contributed by atoms with Gasteiger partial charge in [-0.05, 0) is 53.5 Å². The van der Waals surface area contributed by atoms with Crippen molar-refractivity contribution in [1.82, 2.24) is 10.1 Å². The Morgan fingerprint density at radius 2 is 2.11 bits per heavy atom. The van der Waals surface area contributed by atoms with Gasteiger partial charge in [-0.15, -0.1) is 0 Å². The number of fused-ring (bicyclic) bond motifs is 1. The van der Waals surface area contributed by atoms with Crippen molar-refractivity contribution < 1.29 is 9.32 Å². The molecule has 0 bridgehead atoms. The first-order valence-corrected chi connectivity index (χ1v) is 8.52. The number of hydrogen-bond donors (Lipinski definition) is 0. The van der Waals surface area contributed by atoms with Gasteiger partial charge in [-0.3, -0.25) is 4.79 Å². The number of carbonyl (C=O) groups is 1. The van der Waals surface area contributed by atoms with Gasteiger partial charge in [0.1, 0.15) is 12.4 Å². The van der Waals surface area contributed by atoms with Crippen LogP contribution in [0.3, 0.4) is 0 Å². The second-order valence-corrected chi connectivity index (χ2v) is 6.55. The van der Waals surface area contributed by atoms with Gasteiger partial charge in [0, 0.05) is 37.5 Å². The lowest BCUT2D eigenvalue weighted by Crippen LogP contribution is -2.14. The number of nitriles is 1. The van der Waals surface area contributed by atoms with Gasteiger partial charge in [0.05, 0.1) is 11.3 Å². The van der Waals surface area contributed by atoms with Gasteiger partial charge in [0.2, 0.25) is 0 Å². The zero-order valence-corrected chi connectivity index (χ0v) is 15.0. The Kier molecular flexibility index (Phi) is 4.09. The van der Waals surface area contributed by atoms with Crippen molar-refractivity contribution in [1.29, 1.82) is 5.26 Å². The summed E-state index contributed by atoms with van der Waals surface area (Å²) in [6.45, 7) is 0.722. The Hall–Kier alpha value is -3.66. The van der Waals surface area contributed by atoms with Crippen LogP contribution in [-0.4, -0.2) is 37.1 Å². The second kappa shape index (κ2) is 6.57. The van der Waals surface area contributed by atoms with Crippen LogP contribution in [0.15, 0.2) is 40.9 Å². The minimum atomic E-state index is 0.366. The number of rotatable bonds is 4. The van der Waals surface area contributed by atoms with E-state index in [0.29, 0.717) is 28.5 Å². The number of carbonyl (C=O) groups excluding carboxylic acids is 1. The molecule has 7 nitrogen and oxygen atoms in total. The van der Waals surface area contributed by atoms with Crippen LogP contribution in [-0.2, 0) is 6.42 Å². The molecule has 0 aliphatic carbocycles. The molecule has 3 aromatic rings. The van der Waals surface area contributed by atoms with Crippen molar-refractivity contribution in [3.05, 3.63) is 53.1 Å². The molecule has 1 aliphatic rings. The van der Waals surface area contributed by atoms with Gasteiger partial charge >= 0.3 is 0 Å². The summed E-state index contributed by atoms with van der Waals surface area (Å²) in [5.74, 6) is 0.836. The molecule has 0 spiro atoms. The molecular weight excluding hydrogens is 342 g/mol. The van der Waals surface area contributed by atoms with Crippen LogP contribution in [0.2, 0.25) is 0 Å². The molecule has 0 saturated carbocycles. The van der Waals surface area contributed by atoms with E-state index in [4.69, 9.17) is 4.52 Å². The van der Waals surface area contributed by atoms with Gasteiger partial charge in [0.15, 0.2) is 0 Å². The van der Waals surface area contributed by atoms with Crippen molar-refractivity contribution in [2.75, 3.05) is 30.4 Å². The molecule has 0 fully saturated rings. The summed E-state index contributed by atoms with van der Waals surface area (Å²) < 4.78 is 5.44. The first-order chi connectivity index (χ1) is 13.1. The number of nitrogens with zero attached hydrogens (tertiary/aromatic N) is 5. The van der Waals surface area contributed by atoms with Gasteiger partial charge in [0.25, 0.3) is 11.8 Å². The smallest absolute Gasteiger partial charge is 0.270 e. The van der Waals surface area contributed by atoms with Crippen molar-refractivity contribution in [3.63, 3.8) is 0 Å². The summed E-state index contributed by atoms with van der Waals surface area (Å²) >= 11 is 0. The molecule has 0 saturated heterocycles. The highest BCUT2D eigenvalue weighted by molar-refractivity contribution is 5.79. The normalized spacial score (nSPS) is 12.6. The van der Waals surface area contributed by atoms with Crippen molar-refractivity contribution in [2.24, 2.45) is 0 Å². The lowest BCUT2D eigenvalue weighted by Gasteiger charge is -2.14. The number of aromatic nitrogens is 2. The van der Waals surface area contributed by atoms with Crippen LogP contribution in [0.1, 0.15) is 21.5 Å². The molecule has 0 atom stereocenters. The summed E-state index contributed by atoms with van der Waals surface area (Å²) in [6.07, 6.45) is 1.66. The van der Waals surface area contributed by atoms with Crippen molar-refractivity contribution in [2.45, 2.75) is 6.42 Å². The zero-order valence-electron chi connectivity index (χ0n) is 15.0. The molecule has 4 rings (SSSR count). The fraction of sp³-hybridized carbons (Fsp3) is 0.200. The topological polar surface area (TPSA) is 86.3 Å². The molecule has 0 N–H and O–H groups in total. The summed E-state index contributed by atoms with van der Waals surface area (Å²) in [5.41, 5.74) is 4.81. The molecular formula is C20H17N5O2. The molecule has 134 valence electrons. The third-order valence-electron chi connectivity index (χ3n) is 4.64. The van der Waals surface area contributed by atoms with E-state index in [1.807, 2.05) is 48.2 Å². The summed E-state index contributed by atoms with van der Waals surface area (Å²) in [5, 5.41) is 13.5. The maximum atomic E-state index is 11.0. The highest BCUT2D eigenvalue weighted by Crippen LogP contribution is 2.34. The molecule has 7 heteroatoms. The third kappa shape index (κ3) is 2.91. The molecule has 1 aromatic heterocycles. The van der Waals surface area contributed by atoms with Gasteiger partial charge in [-0.25, -0.2) is 0 Å². The molecule has 1 aliphatic heterocycles. The Bertz CT molecular complexity index is 1060. The van der Waals surface area contributed by atoms with Crippen molar-refractivity contribution >= 4 is 23.6 Å². The predicted octanol–water partition coefficient (Wildman–Crippen LogP) is 3.18.